The van der Waals surface area contributed by atoms with Gasteiger partial charge in [-0.2, -0.15) is 4.31 Å². The second-order valence-electron chi connectivity index (χ2n) is 6.20. The van der Waals surface area contributed by atoms with Crippen molar-refractivity contribution in [3.63, 3.8) is 0 Å². The summed E-state index contributed by atoms with van der Waals surface area (Å²) in [5, 5.41) is 12.2. The highest BCUT2D eigenvalue weighted by atomic mass is 32.2. The summed E-state index contributed by atoms with van der Waals surface area (Å²) in [7, 11) is -7.70. The van der Waals surface area contributed by atoms with Gasteiger partial charge in [0.2, 0.25) is 10.0 Å². The number of sulfonamides is 1. The smallest absolute Gasteiger partial charge is 0.258 e. The van der Waals surface area contributed by atoms with Crippen molar-refractivity contribution in [2.75, 3.05) is 6.54 Å². The van der Waals surface area contributed by atoms with E-state index >= 15 is 0 Å². The molecule has 1 aromatic carbocycles. The van der Waals surface area contributed by atoms with Gasteiger partial charge in [-0.05, 0) is 36.4 Å². The molecule has 2 atom stereocenters. The Morgan fingerprint density at radius 2 is 1.96 bits per heavy atom. The second kappa shape index (κ2) is 6.97. The van der Waals surface area contributed by atoms with Crippen LogP contribution in [0.15, 0.2) is 44.8 Å². The van der Waals surface area contributed by atoms with E-state index in [0.717, 1.165) is 21.7 Å². The summed E-state index contributed by atoms with van der Waals surface area (Å²) in [6.07, 6.45) is 0.0970. The number of thiophene rings is 1. The van der Waals surface area contributed by atoms with Crippen molar-refractivity contribution in [2.24, 2.45) is 0 Å². The van der Waals surface area contributed by atoms with Crippen LogP contribution in [0.2, 0.25) is 0 Å². The molecule has 0 N–H and O–H groups in total. The van der Waals surface area contributed by atoms with E-state index in [9.17, 15) is 26.9 Å². The van der Waals surface area contributed by atoms with Crippen LogP contribution in [-0.2, 0) is 19.9 Å². The average molecular weight is 431 g/mol. The van der Waals surface area contributed by atoms with Crippen molar-refractivity contribution >= 4 is 36.9 Å². The SMILES string of the molecule is CCN(C1CC(C)S(=O)(=O)c2sccc21)S(=O)(=O)c1ccccc1[N+](=O)[O-]. The maximum atomic E-state index is 13.3. The quantitative estimate of drug-likeness (QED) is 0.532. The molecule has 2 heterocycles. The Morgan fingerprint density at radius 3 is 2.59 bits per heavy atom. The molecule has 0 bridgehead atoms. The Hall–Kier alpha value is -1.82. The van der Waals surface area contributed by atoms with Crippen molar-refractivity contribution in [1.29, 1.82) is 0 Å². The lowest BCUT2D eigenvalue weighted by Gasteiger charge is -2.35. The number of para-hydroxylation sites is 1. The number of benzene rings is 1. The highest BCUT2D eigenvalue weighted by Crippen LogP contribution is 2.44. The number of sulfone groups is 1. The lowest BCUT2D eigenvalue weighted by molar-refractivity contribution is -0.387. The third-order valence-electron chi connectivity index (χ3n) is 4.67. The van der Waals surface area contributed by atoms with Crippen LogP contribution < -0.4 is 0 Å². The Labute approximate surface area is 161 Å². The maximum Gasteiger partial charge on any atom is 0.289 e. The molecule has 0 spiro atoms. The first-order valence-corrected chi connectivity index (χ1v) is 12.1. The Balaban J connectivity index is 2.15. The van der Waals surface area contributed by atoms with Crippen LogP contribution in [0.25, 0.3) is 0 Å². The van der Waals surface area contributed by atoms with Crippen LogP contribution in [0.3, 0.4) is 0 Å². The topological polar surface area (TPSA) is 115 Å². The number of fused-ring (bicyclic) bond motifs is 1. The van der Waals surface area contributed by atoms with Gasteiger partial charge in [0, 0.05) is 12.6 Å². The predicted molar refractivity (Wildman–Crippen MR) is 101 cm³/mol. The van der Waals surface area contributed by atoms with Gasteiger partial charge in [0.15, 0.2) is 14.7 Å². The van der Waals surface area contributed by atoms with E-state index in [0.29, 0.717) is 5.56 Å². The first-order chi connectivity index (χ1) is 12.6. The highest BCUT2D eigenvalue weighted by Gasteiger charge is 2.44. The van der Waals surface area contributed by atoms with E-state index in [4.69, 9.17) is 0 Å². The fourth-order valence-electron chi connectivity index (χ4n) is 3.32. The minimum atomic E-state index is -4.21. The summed E-state index contributed by atoms with van der Waals surface area (Å²) >= 11 is 1.06. The monoisotopic (exact) mass is 430 g/mol. The van der Waals surface area contributed by atoms with Gasteiger partial charge in [-0.15, -0.1) is 11.3 Å². The zero-order valence-electron chi connectivity index (χ0n) is 14.6. The van der Waals surface area contributed by atoms with Crippen molar-refractivity contribution in [1.82, 2.24) is 4.31 Å². The Kier molecular flexibility index (Phi) is 5.14. The molecule has 146 valence electrons. The summed E-state index contributed by atoms with van der Waals surface area (Å²) in [5.41, 5.74) is -0.0694. The molecule has 1 aliphatic heterocycles. The number of nitro benzene ring substituents is 1. The molecule has 2 unspecified atom stereocenters. The lowest BCUT2D eigenvalue weighted by atomic mass is 10.1. The van der Waals surface area contributed by atoms with Gasteiger partial charge < -0.3 is 0 Å². The van der Waals surface area contributed by atoms with Crippen LogP contribution in [-0.4, -0.2) is 37.9 Å². The maximum absolute atomic E-state index is 13.3. The van der Waals surface area contributed by atoms with Crippen molar-refractivity contribution in [3.05, 3.63) is 51.4 Å². The minimum absolute atomic E-state index is 0.0566. The number of hydrogen-bond donors (Lipinski definition) is 0. The zero-order valence-corrected chi connectivity index (χ0v) is 17.1. The van der Waals surface area contributed by atoms with Crippen LogP contribution in [0, 0.1) is 10.1 Å². The molecule has 0 saturated heterocycles. The normalized spacial score (nSPS) is 21.7. The first-order valence-electron chi connectivity index (χ1n) is 8.19. The summed E-state index contributed by atoms with van der Waals surface area (Å²) in [6.45, 7) is 3.24. The molecule has 27 heavy (non-hydrogen) atoms. The Morgan fingerprint density at radius 1 is 1.30 bits per heavy atom. The molecule has 0 aliphatic carbocycles. The molecular weight excluding hydrogens is 412 g/mol. The fraction of sp³-hybridized carbons (Fsp3) is 0.375. The van der Waals surface area contributed by atoms with E-state index in [-0.39, 0.29) is 17.2 Å². The van der Waals surface area contributed by atoms with E-state index in [2.05, 4.69) is 0 Å². The van der Waals surface area contributed by atoms with Gasteiger partial charge in [0.1, 0.15) is 4.21 Å². The number of rotatable bonds is 5. The second-order valence-corrected chi connectivity index (χ2v) is 11.5. The summed E-state index contributed by atoms with van der Waals surface area (Å²) < 4.78 is 52.9. The van der Waals surface area contributed by atoms with Crippen LogP contribution in [0.1, 0.15) is 31.9 Å². The van der Waals surface area contributed by atoms with Crippen LogP contribution >= 0.6 is 11.3 Å². The summed E-state index contributed by atoms with van der Waals surface area (Å²) in [5.74, 6) is 0. The summed E-state index contributed by atoms with van der Waals surface area (Å²) in [6, 6.07) is 6.10. The van der Waals surface area contributed by atoms with E-state index in [1.54, 1.807) is 25.3 Å². The van der Waals surface area contributed by atoms with Gasteiger partial charge in [0.25, 0.3) is 5.69 Å². The third kappa shape index (κ3) is 3.18. The van der Waals surface area contributed by atoms with Crippen LogP contribution in [0.4, 0.5) is 5.69 Å². The van der Waals surface area contributed by atoms with Gasteiger partial charge in [-0.3, -0.25) is 10.1 Å². The number of nitrogens with zero attached hydrogens (tertiary/aromatic N) is 2. The molecule has 0 radical (unpaired) electrons. The third-order valence-corrected chi connectivity index (χ3v) is 10.4. The van der Waals surface area contributed by atoms with Gasteiger partial charge in [0.05, 0.1) is 16.2 Å². The molecule has 0 saturated carbocycles. The molecule has 11 heteroatoms. The van der Waals surface area contributed by atoms with Crippen molar-refractivity contribution < 1.29 is 21.8 Å². The van der Waals surface area contributed by atoms with Crippen molar-refractivity contribution in [3.8, 4) is 0 Å². The fourth-order valence-corrected chi connectivity index (χ4v) is 8.31. The molecule has 2 aromatic rings. The molecule has 0 fully saturated rings. The van der Waals surface area contributed by atoms with Crippen LogP contribution in [0.5, 0.6) is 0 Å². The highest BCUT2D eigenvalue weighted by molar-refractivity contribution is 7.94. The molecule has 1 aromatic heterocycles. The first kappa shape index (κ1) is 19.9. The Bertz CT molecular complexity index is 1090. The van der Waals surface area contributed by atoms with Gasteiger partial charge in [-0.25, -0.2) is 16.8 Å². The van der Waals surface area contributed by atoms with Crippen molar-refractivity contribution in [2.45, 2.75) is 40.7 Å². The minimum Gasteiger partial charge on any atom is -0.258 e. The summed E-state index contributed by atoms with van der Waals surface area (Å²) in [4.78, 5) is 10.2. The zero-order chi connectivity index (χ0) is 20.0. The van der Waals surface area contributed by atoms with Gasteiger partial charge >= 0.3 is 0 Å². The van der Waals surface area contributed by atoms with Gasteiger partial charge in [-0.1, -0.05) is 19.1 Å². The molecule has 3 rings (SSSR count). The molecule has 1 aliphatic rings. The lowest BCUT2D eigenvalue weighted by Crippen LogP contribution is -2.40. The number of hydrogen-bond acceptors (Lipinski definition) is 7. The van der Waals surface area contributed by atoms with E-state index < -0.39 is 46.7 Å². The van der Waals surface area contributed by atoms with E-state index in [1.165, 1.54) is 18.2 Å². The predicted octanol–water partition coefficient (Wildman–Crippen LogP) is 2.97. The standard InChI is InChI=1S/C16H18N2O6S3/c1-3-17(27(23,24)15-7-5-4-6-13(15)18(19)20)14-10-11(2)26(21,22)16-12(14)8-9-25-16/h4-9,11,14H,3,10H2,1-2H3. The number of nitro groups is 1. The molecule has 0 amide bonds. The largest absolute Gasteiger partial charge is 0.289 e. The molecule has 8 nitrogen and oxygen atoms in total. The van der Waals surface area contributed by atoms with E-state index in [1.807, 2.05) is 0 Å². The average Bonchev–Trinajstić information content (AvgIpc) is 3.11. The molecular formula is C16H18N2O6S3.